The number of aliphatic imine (C=N–C) groups is 1. The normalized spacial score (nSPS) is 15.2. The van der Waals surface area contributed by atoms with Gasteiger partial charge in [-0.15, -0.1) is 18.3 Å². The molecule has 44 heavy (non-hydrogen) atoms. The first-order valence-electron chi connectivity index (χ1n) is 13.8. The largest absolute Gasteiger partial charge is 0.573 e. The van der Waals surface area contributed by atoms with E-state index in [0.29, 0.717) is 33.7 Å². The summed E-state index contributed by atoms with van der Waals surface area (Å²) in [5.41, 5.74) is 3.89. The summed E-state index contributed by atoms with van der Waals surface area (Å²) in [6, 6.07) is 20.7. The highest BCUT2D eigenvalue weighted by atomic mass is 32.2. The molecule has 226 valence electrons. The maximum atomic E-state index is 13.0. The number of benzene rings is 3. The van der Waals surface area contributed by atoms with Gasteiger partial charge in [-0.25, -0.2) is 14.5 Å². The number of amidine groups is 1. The van der Waals surface area contributed by atoms with E-state index < -0.39 is 18.4 Å². The van der Waals surface area contributed by atoms with Gasteiger partial charge in [0.05, 0.1) is 11.8 Å². The first-order chi connectivity index (χ1) is 21.1. The van der Waals surface area contributed by atoms with Gasteiger partial charge in [-0.1, -0.05) is 68.1 Å². The number of nitrogens with one attached hydrogen (secondary N) is 1. The molecule has 13 heteroatoms. The van der Waals surface area contributed by atoms with Crippen molar-refractivity contribution in [1.82, 2.24) is 20.1 Å². The number of nitrogens with zero attached hydrogens (tertiary/aromatic N) is 6. The lowest BCUT2D eigenvalue weighted by molar-refractivity contribution is -0.274. The molecule has 3 aromatic carbocycles. The Morgan fingerprint density at radius 2 is 1.82 bits per heavy atom. The molecule has 1 fully saturated rings. The number of carbonyl (C=O) groups excluding carboxylic acids is 1. The fourth-order valence-corrected chi connectivity index (χ4v) is 5.62. The maximum Gasteiger partial charge on any atom is 0.573 e. The third-order valence-electron chi connectivity index (χ3n) is 6.76. The predicted octanol–water partition coefficient (Wildman–Crippen LogP) is 7.23. The summed E-state index contributed by atoms with van der Waals surface area (Å²) < 4.78 is 42.6. The lowest BCUT2D eigenvalue weighted by Crippen LogP contribution is -2.36. The molecule has 1 saturated heterocycles. The monoisotopic (exact) mass is 619 g/mol. The smallest absolute Gasteiger partial charge is 0.406 e. The van der Waals surface area contributed by atoms with Crippen molar-refractivity contribution in [2.24, 2.45) is 4.99 Å². The molecule has 0 aliphatic carbocycles. The Kier molecular flexibility index (Phi) is 9.20. The van der Waals surface area contributed by atoms with E-state index in [1.807, 2.05) is 18.2 Å². The standard InChI is InChI=1S/C31H28F3N7O2S/c1-20(2)25-6-3-4-7-27(25)40-16-5-17-44-30(40)38-29(42)37-26(18-35)21-8-10-22(11-9-21)28-36-19-41(39-28)23-12-14-24(15-13-23)43-31(32,33)34/h3-4,6-15,19-20,26H,5,16-17H2,1-2H3,(H,37,42). The van der Waals surface area contributed by atoms with Crippen LogP contribution < -0.4 is 15.0 Å². The summed E-state index contributed by atoms with van der Waals surface area (Å²) in [7, 11) is 0. The van der Waals surface area contributed by atoms with Gasteiger partial charge >= 0.3 is 12.4 Å². The molecule has 1 aliphatic heterocycles. The Balaban J connectivity index is 1.27. The molecule has 1 unspecified atom stereocenters. The van der Waals surface area contributed by atoms with Crippen LogP contribution in [0.25, 0.3) is 17.1 Å². The lowest BCUT2D eigenvalue weighted by atomic mass is 10.0. The molecule has 0 saturated carbocycles. The van der Waals surface area contributed by atoms with Gasteiger partial charge in [0.15, 0.2) is 11.0 Å². The number of hydrogen-bond donors (Lipinski definition) is 1. The van der Waals surface area contributed by atoms with Gasteiger partial charge in [0.25, 0.3) is 0 Å². The number of nitriles is 1. The minimum absolute atomic E-state index is 0.302. The number of ether oxygens (including phenoxy) is 1. The van der Waals surface area contributed by atoms with Crippen molar-refractivity contribution in [3.63, 3.8) is 0 Å². The zero-order valence-corrected chi connectivity index (χ0v) is 24.6. The number of hydrogen-bond acceptors (Lipinski definition) is 6. The van der Waals surface area contributed by atoms with Crippen molar-refractivity contribution in [1.29, 1.82) is 5.26 Å². The first kappa shape index (κ1) is 30.6. The fraction of sp³-hybridized carbons (Fsp3) is 0.258. The predicted molar refractivity (Wildman–Crippen MR) is 163 cm³/mol. The summed E-state index contributed by atoms with van der Waals surface area (Å²) in [4.78, 5) is 23.7. The van der Waals surface area contributed by atoms with Crippen LogP contribution in [0.4, 0.5) is 23.7 Å². The molecule has 1 N–H and O–H groups in total. The van der Waals surface area contributed by atoms with Crippen molar-refractivity contribution < 1.29 is 22.7 Å². The molecule has 2 heterocycles. The first-order valence-corrected chi connectivity index (χ1v) is 14.8. The maximum absolute atomic E-state index is 13.0. The van der Waals surface area contributed by atoms with Gasteiger partial charge in [0.2, 0.25) is 0 Å². The SMILES string of the molecule is CC(C)c1ccccc1N1CCCSC1=NC(=O)NC(C#N)c1ccc(-c2ncn(-c3ccc(OC(F)(F)F)cc3)n2)cc1. The lowest BCUT2D eigenvalue weighted by Gasteiger charge is -2.31. The van der Waals surface area contributed by atoms with Crippen LogP contribution in [0.15, 0.2) is 84.1 Å². The van der Waals surface area contributed by atoms with Crippen molar-refractivity contribution >= 4 is 28.6 Å². The number of anilines is 1. The fourth-order valence-electron chi connectivity index (χ4n) is 4.68. The number of halogens is 3. The number of alkyl halides is 3. The number of para-hydroxylation sites is 1. The van der Waals surface area contributed by atoms with E-state index in [1.54, 1.807) is 24.3 Å². The topological polar surface area (TPSA) is 108 Å². The number of aromatic nitrogens is 3. The van der Waals surface area contributed by atoms with Crippen molar-refractivity contribution in [2.45, 2.75) is 38.6 Å². The molecular formula is C31H28F3N7O2S. The van der Waals surface area contributed by atoms with Crippen LogP contribution in [-0.4, -0.2) is 44.6 Å². The number of rotatable bonds is 7. The molecule has 1 atom stereocenters. The van der Waals surface area contributed by atoms with Gasteiger partial charge in [-0.2, -0.15) is 10.3 Å². The minimum Gasteiger partial charge on any atom is -0.406 e. The number of carbonyl (C=O) groups is 1. The number of thioether (sulfide) groups is 1. The average molecular weight is 620 g/mol. The highest BCUT2D eigenvalue weighted by Gasteiger charge is 2.31. The molecule has 0 spiro atoms. The Hall–Kier alpha value is -4.83. The van der Waals surface area contributed by atoms with Gasteiger partial charge in [-0.3, -0.25) is 0 Å². The van der Waals surface area contributed by atoms with Gasteiger partial charge in [0, 0.05) is 23.5 Å². The van der Waals surface area contributed by atoms with Crippen molar-refractivity contribution in [3.05, 3.63) is 90.3 Å². The van der Waals surface area contributed by atoms with Gasteiger partial charge < -0.3 is 15.0 Å². The van der Waals surface area contributed by atoms with Crippen LogP contribution in [0.5, 0.6) is 5.75 Å². The van der Waals surface area contributed by atoms with E-state index in [1.165, 1.54) is 52.6 Å². The molecule has 1 aliphatic rings. The molecule has 2 amide bonds. The van der Waals surface area contributed by atoms with Crippen LogP contribution in [0, 0.1) is 11.3 Å². The summed E-state index contributed by atoms with van der Waals surface area (Å²) in [6.45, 7) is 5.00. The summed E-state index contributed by atoms with van der Waals surface area (Å²) in [6.07, 6.45) is -2.38. The highest BCUT2D eigenvalue weighted by Crippen LogP contribution is 2.32. The van der Waals surface area contributed by atoms with E-state index in [0.717, 1.165) is 24.4 Å². The minimum atomic E-state index is -4.77. The summed E-state index contributed by atoms with van der Waals surface area (Å²) in [5.74, 6) is 1.18. The quantitative estimate of drug-likeness (QED) is 0.233. The summed E-state index contributed by atoms with van der Waals surface area (Å²) in [5, 5.41) is 17.5. The average Bonchev–Trinajstić information content (AvgIpc) is 3.50. The van der Waals surface area contributed by atoms with E-state index in [4.69, 9.17) is 0 Å². The summed E-state index contributed by atoms with van der Waals surface area (Å²) >= 11 is 1.51. The van der Waals surface area contributed by atoms with Crippen LogP contribution in [-0.2, 0) is 0 Å². The van der Waals surface area contributed by atoms with Crippen molar-refractivity contribution in [3.8, 4) is 28.9 Å². The van der Waals surface area contributed by atoms with E-state index >= 15 is 0 Å². The molecule has 1 aromatic heterocycles. The van der Waals surface area contributed by atoms with E-state index in [-0.39, 0.29) is 5.75 Å². The highest BCUT2D eigenvalue weighted by molar-refractivity contribution is 8.14. The van der Waals surface area contributed by atoms with Crippen LogP contribution in [0.3, 0.4) is 0 Å². The zero-order valence-electron chi connectivity index (χ0n) is 23.8. The number of amides is 2. The third kappa shape index (κ3) is 7.38. The van der Waals surface area contributed by atoms with E-state index in [9.17, 15) is 23.2 Å². The second-order valence-corrected chi connectivity index (χ2v) is 11.2. The van der Waals surface area contributed by atoms with Gasteiger partial charge in [-0.05, 0) is 53.8 Å². The Labute approximate surface area is 256 Å². The zero-order chi connectivity index (χ0) is 31.3. The van der Waals surface area contributed by atoms with Crippen LogP contribution >= 0.6 is 11.8 Å². The second kappa shape index (κ2) is 13.2. The molecule has 5 rings (SSSR count). The molecule has 4 aromatic rings. The Morgan fingerprint density at radius 3 is 2.50 bits per heavy atom. The third-order valence-corrected chi connectivity index (χ3v) is 7.82. The molecule has 9 nitrogen and oxygen atoms in total. The van der Waals surface area contributed by atoms with E-state index in [2.05, 4.69) is 56.0 Å². The molecule has 0 radical (unpaired) electrons. The molecular weight excluding hydrogens is 591 g/mol. The Bertz CT molecular complexity index is 1680. The number of urea groups is 1. The van der Waals surface area contributed by atoms with Crippen LogP contribution in [0.1, 0.15) is 43.4 Å². The Morgan fingerprint density at radius 1 is 1.09 bits per heavy atom. The van der Waals surface area contributed by atoms with Crippen LogP contribution in [0.2, 0.25) is 0 Å². The van der Waals surface area contributed by atoms with Gasteiger partial charge in [0.1, 0.15) is 18.1 Å². The molecule has 0 bridgehead atoms. The second-order valence-electron chi connectivity index (χ2n) is 10.1. The van der Waals surface area contributed by atoms with Crippen molar-refractivity contribution in [2.75, 3.05) is 17.2 Å².